The molecule has 3 aromatic rings. The maximum absolute atomic E-state index is 12.4. The molecular weight excluding hydrogens is 292 g/mol. The van der Waals surface area contributed by atoms with Crippen LogP contribution < -0.4 is 0 Å². The van der Waals surface area contributed by atoms with Crippen LogP contribution in [0.25, 0.3) is 11.5 Å². The van der Waals surface area contributed by atoms with Gasteiger partial charge in [-0.15, -0.1) is 0 Å². The van der Waals surface area contributed by atoms with Crippen molar-refractivity contribution >= 4 is 5.97 Å². The molecule has 2 heterocycles. The first-order valence-corrected chi connectivity index (χ1v) is 7.37. The number of ether oxygens (including phenoxy) is 1. The van der Waals surface area contributed by atoms with Crippen LogP contribution in [0.5, 0.6) is 0 Å². The fourth-order valence-electron chi connectivity index (χ4n) is 2.37. The van der Waals surface area contributed by atoms with Crippen molar-refractivity contribution in [2.75, 3.05) is 0 Å². The van der Waals surface area contributed by atoms with Gasteiger partial charge in [-0.3, -0.25) is 0 Å². The minimum absolute atomic E-state index is 0.206. The van der Waals surface area contributed by atoms with Crippen LogP contribution in [0, 0.1) is 13.8 Å². The number of nitrogens with zero attached hydrogens (tertiary/aromatic N) is 2. The summed E-state index contributed by atoms with van der Waals surface area (Å²) >= 11 is 0. The summed E-state index contributed by atoms with van der Waals surface area (Å²) in [7, 11) is 1.92. The zero-order valence-corrected chi connectivity index (χ0v) is 13.4. The Labute approximate surface area is 134 Å². The molecule has 0 N–H and O–H groups in total. The van der Waals surface area contributed by atoms with Crippen LogP contribution in [0.15, 0.2) is 46.9 Å². The number of esters is 1. The highest BCUT2D eigenvalue weighted by molar-refractivity contribution is 5.93. The van der Waals surface area contributed by atoms with E-state index in [9.17, 15) is 4.79 Å². The lowest BCUT2D eigenvalue weighted by Crippen LogP contribution is -2.08. The van der Waals surface area contributed by atoms with E-state index < -0.39 is 5.97 Å². The lowest BCUT2D eigenvalue weighted by molar-refractivity contribution is 0.0466. The predicted molar refractivity (Wildman–Crippen MR) is 85.9 cm³/mol. The Morgan fingerprint density at radius 1 is 1.17 bits per heavy atom. The molecule has 23 heavy (non-hydrogen) atoms. The van der Waals surface area contributed by atoms with Crippen LogP contribution in [0.4, 0.5) is 0 Å². The summed E-state index contributed by atoms with van der Waals surface area (Å²) < 4.78 is 13.0. The van der Waals surface area contributed by atoms with Crippen molar-refractivity contribution in [1.29, 1.82) is 0 Å². The number of hydrogen-bond donors (Lipinski definition) is 0. The van der Waals surface area contributed by atoms with Crippen molar-refractivity contribution in [3.63, 3.8) is 0 Å². The van der Waals surface area contributed by atoms with Crippen molar-refractivity contribution < 1.29 is 13.9 Å². The van der Waals surface area contributed by atoms with Gasteiger partial charge in [-0.25, -0.2) is 9.78 Å². The molecule has 0 atom stereocenters. The second-order valence-corrected chi connectivity index (χ2v) is 5.39. The van der Waals surface area contributed by atoms with Gasteiger partial charge in [0.25, 0.3) is 0 Å². The van der Waals surface area contributed by atoms with Crippen molar-refractivity contribution in [2.45, 2.75) is 20.5 Å². The van der Waals surface area contributed by atoms with E-state index in [0.717, 1.165) is 17.0 Å². The summed E-state index contributed by atoms with van der Waals surface area (Å²) in [5.74, 6) is 0.390. The molecule has 118 valence electrons. The second kappa shape index (κ2) is 6.12. The molecule has 0 radical (unpaired) electrons. The Bertz CT molecular complexity index is 831. The molecule has 5 heteroatoms. The third-order valence-electron chi connectivity index (χ3n) is 3.75. The highest BCUT2D eigenvalue weighted by atomic mass is 16.5. The SMILES string of the molecule is Cc1nc(C(=O)OCc2ccccc2)c(-c2ccc(C)n2C)o1. The first kappa shape index (κ1) is 15.1. The minimum atomic E-state index is -0.487. The number of hydrogen-bond acceptors (Lipinski definition) is 4. The van der Waals surface area contributed by atoms with E-state index in [1.54, 1.807) is 6.92 Å². The van der Waals surface area contributed by atoms with E-state index in [1.165, 1.54) is 0 Å². The van der Waals surface area contributed by atoms with E-state index in [-0.39, 0.29) is 12.3 Å². The van der Waals surface area contributed by atoms with Gasteiger partial charge in [-0.2, -0.15) is 0 Å². The van der Waals surface area contributed by atoms with Gasteiger partial charge < -0.3 is 13.7 Å². The van der Waals surface area contributed by atoms with Crippen LogP contribution in [-0.4, -0.2) is 15.5 Å². The normalized spacial score (nSPS) is 10.7. The molecular formula is C18H18N2O3. The number of aryl methyl sites for hydroxylation is 2. The summed E-state index contributed by atoms with van der Waals surface area (Å²) in [4.78, 5) is 16.6. The van der Waals surface area contributed by atoms with Gasteiger partial charge in [0.05, 0.1) is 5.69 Å². The largest absolute Gasteiger partial charge is 0.456 e. The Morgan fingerprint density at radius 3 is 2.57 bits per heavy atom. The molecule has 0 spiro atoms. The van der Waals surface area contributed by atoms with Crippen molar-refractivity contribution in [3.05, 3.63) is 65.3 Å². The van der Waals surface area contributed by atoms with Gasteiger partial charge >= 0.3 is 5.97 Å². The van der Waals surface area contributed by atoms with Gasteiger partial charge in [0, 0.05) is 19.7 Å². The molecule has 0 bridgehead atoms. The molecule has 0 saturated carbocycles. The van der Waals surface area contributed by atoms with Gasteiger partial charge in [0.1, 0.15) is 6.61 Å². The number of oxazole rings is 1. The Hall–Kier alpha value is -2.82. The molecule has 0 amide bonds. The highest BCUT2D eigenvalue weighted by Gasteiger charge is 2.23. The molecule has 0 aliphatic rings. The summed E-state index contributed by atoms with van der Waals surface area (Å²) in [6.07, 6.45) is 0. The summed E-state index contributed by atoms with van der Waals surface area (Å²) in [6, 6.07) is 13.4. The summed E-state index contributed by atoms with van der Waals surface area (Å²) in [5.41, 5.74) is 3.00. The fraction of sp³-hybridized carbons (Fsp3) is 0.222. The van der Waals surface area contributed by atoms with E-state index in [0.29, 0.717) is 11.7 Å². The van der Waals surface area contributed by atoms with E-state index in [1.807, 2.05) is 61.0 Å². The zero-order chi connectivity index (χ0) is 16.4. The van der Waals surface area contributed by atoms with Crippen LogP contribution in [0.2, 0.25) is 0 Å². The number of carbonyl (C=O) groups is 1. The zero-order valence-electron chi connectivity index (χ0n) is 13.4. The topological polar surface area (TPSA) is 57.3 Å². The maximum atomic E-state index is 12.4. The Kier molecular flexibility index (Phi) is 4.02. The van der Waals surface area contributed by atoms with Crippen LogP contribution in [0.3, 0.4) is 0 Å². The molecule has 3 rings (SSSR count). The predicted octanol–water partition coefficient (Wildman–Crippen LogP) is 3.65. The van der Waals surface area contributed by atoms with Crippen molar-refractivity contribution in [3.8, 4) is 11.5 Å². The Balaban J connectivity index is 1.85. The standard InChI is InChI=1S/C18H18N2O3/c1-12-9-10-15(20(12)3)17-16(19-13(2)23-17)18(21)22-11-14-7-5-4-6-8-14/h4-10H,11H2,1-3H3. The van der Waals surface area contributed by atoms with Gasteiger partial charge in [-0.05, 0) is 24.6 Å². The number of benzene rings is 1. The van der Waals surface area contributed by atoms with E-state index in [2.05, 4.69) is 4.98 Å². The Morgan fingerprint density at radius 2 is 1.91 bits per heavy atom. The van der Waals surface area contributed by atoms with Crippen molar-refractivity contribution in [2.24, 2.45) is 7.05 Å². The third-order valence-corrected chi connectivity index (χ3v) is 3.75. The second-order valence-electron chi connectivity index (χ2n) is 5.39. The maximum Gasteiger partial charge on any atom is 0.361 e. The molecule has 0 unspecified atom stereocenters. The first-order chi connectivity index (χ1) is 11.1. The molecule has 0 saturated heterocycles. The van der Waals surface area contributed by atoms with Crippen LogP contribution >= 0.6 is 0 Å². The van der Waals surface area contributed by atoms with Crippen LogP contribution in [-0.2, 0) is 18.4 Å². The first-order valence-electron chi connectivity index (χ1n) is 7.37. The molecule has 0 fully saturated rings. The lowest BCUT2D eigenvalue weighted by atomic mass is 10.2. The number of rotatable bonds is 4. The fourth-order valence-corrected chi connectivity index (χ4v) is 2.37. The quantitative estimate of drug-likeness (QED) is 0.690. The molecule has 5 nitrogen and oxygen atoms in total. The summed E-state index contributed by atoms with van der Waals surface area (Å²) in [5, 5.41) is 0. The smallest absolute Gasteiger partial charge is 0.361 e. The molecule has 1 aromatic carbocycles. The average molecular weight is 310 g/mol. The lowest BCUT2D eigenvalue weighted by Gasteiger charge is -2.05. The van der Waals surface area contributed by atoms with E-state index >= 15 is 0 Å². The van der Waals surface area contributed by atoms with Gasteiger partial charge in [-0.1, -0.05) is 30.3 Å². The number of carbonyl (C=O) groups excluding carboxylic acids is 1. The third kappa shape index (κ3) is 3.04. The summed E-state index contributed by atoms with van der Waals surface area (Å²) in [6.45, 7) is 3.91. The van der Waals surface area contributed by atoms with Crippen molar-refractivity contribution in [1.82, 2.24) is 9.55 Å². The molecule has 2 aromatic heterocycles. The van der Waals surface area contributed by atoms with Gasteiger partial charge in [0.2, 0.25) is 0 Å². The molecule has 0 aliphatic heterocycles. The average Bonchev–Trinajstić information content (AvgIpc) is 3.09. The van der Waals surface area contributed by atoms with E-state index in [4.69, 9.17) is 9.15 Å². The molecule has 0 aliphatic carbocycles. The van der Waals surface area contributed by atoms with Gasteiger partial charge in [0.15, 0.2) is 17.3 Å². The highest BCUT2D eigenvalue weighted by Crippen LogP contribution is 2.27. The monoisotopic (exact) mass is 310 g/mol. The minimum Gasteiger partial charge on any atom is -0.456 e. The number of aromatic nitrogens is 2. The van der Waals surface area contributed by atoms with Crippen LogP contribution in [0.1, 0.15) is 27.6 Å².